The average Bonchev–Trinajstić information content (AvgIpc) is 2.89. The summed E-state index contributed by atoms with van der Waals surface area (Å²) in [5, 5.41) is 19.7. The number of halogens is 5. The number of nitrogens with one attached hydrogen (secondary N) is 3. The van der Waals surface area contributed by atoms with Gasteiger partial charge in [-0.2, -0.15) is 13.2 Å². The zero-order valence-corrected chi connectivity index (χ0v) is 21.8. The fraction of sp³-hybridized carbons (Fsp3) is 0.600. The van der Waals surface area contributed by atoms with E-state index in [1.807, 2.05) is 12.1 Å². The number of aliphatic hydroxyl groups is 1. The molecule has 1 saturated carbocycles. The lowest BCUT2D eigenvalue weighted by molar-refractivity contribution is -0.202. The first-order valence-electron chi connectivity index (χ1n) is 12.6. The van der Waals surface area contributed by atoms with Crippen LogP contribution < -0.4 is 16.0 Å². The van der Waals surface area contributed by atoms with Crippen LogP contribution in [0.3, 0.4) is 0 Å². The first-order chi connectivity index (χ1) is 17.7. The minimum atomic E-state index is -4.61. The van der Waals surface area contributed by atoms with Gasteiger partial charge in [-0.1, -0.05) is 23.2 Å². The molecule has 37 heavy (non-hydrogen) atoms. The number of ether oxygens (including phenoxy) is 1. The van der Waals surface area contributed by atoms with Crippen molar-refractivity contribution in [2.75, 3.05) is 36.9 Å². The Hall–Kier alpha value is -1.85. The molecule has 0 unspecified atom stereocenters. The first-order valence-corrected chi connectivity index (χ1v) is 13.3. The van der Waals surface area contributed by atoms with Gasteiger partial charge in [0.25, 0.3) is 0 Å². The number of aromatic nitrogens is 2. The maximum absolute atomic E-state index is 12.5. The lowest BCUT2D eigenvalue weighted by Crippen LogP contribution is -2.44. The fourth-order valence-electron chi connectivity index (χ4n) is 4.67. The van der Waals surface area contributed by atoms with Gasteiger partial charge in [0.05, 0.1) is 15.7 Å². The zero-order chi connectivity index (χ0) is 26.4. The van der Waals surface area contributed by atoms with Crippen LogP contribution in [0.5, 0.6) is 0 Å². The molecule has 0 aromatic carbocycles. The Kier molecular flexibility index (Phi) is 9.74. The summed E-state index contributed by atoms with van der Waals surface area (Å²) in [6, 6.07) is 5.51. The lowest BCUT2D eigenvalue weighted by Gasteiger charge is -2.31. The molecule has 1 aliphatic heterocycles. The van der Waals surface area contributed by atoms with E-state index in [0.717, 1.165) is 51.3 Å². The minimum Gasteiger partial charge on any atom is -0.382 e. The zero-order valence-electron chi connectivity index (χ0n) is 20.3. The average molecular weight is 562 g/mol. The molecule has 2 fully saturated rings. The van der Waals surface area contributed by atoms with Crippen molar-refractivity contribution in [1.82, 2.24) is 15.3 Å². The molecule has 4 rings (SSSR count). The Morgan fingerprint density at radius 2 is 1.70 bits per heavy atom. The Balaban J connectivity index is 1.35. The quantitative estimate of drug-likeness (QED) is 0.320. The van der Waals surface area contributed by atoms with Gasteiger partial charge in [-0.25, -0.2) is 9.97 Å². The topological polar surface area (TPSA) is 91.3 Å². The summed E-state index contributed by atoms with van der Waals surface area (Å²) < 4.78 is 43.0. The molecule has 0 bridgehead atoms. The number of hydrogen-bond donors (Lipinski definition) is 4. The number of aliphatic hydroxyl groups excluding tert-OH is 1. The van der Waals surface area contributed by atoms with Crippen molar-refractivity contribution in [3.63, 3.8) is 0 Å². The third-order valence-corrected chi connectivity index (χ3v) is 7.53. The van der Waals surface area contributed by atoms with Crippen molar-refractivity contribution in [2.24, 2.45) is 5.92 Å². The van der Waals surface area contributed by atoms with Crippen LogP contribution in [-0.4, -0.2) is 65.7 Å². The highest BCUT2D eigenvalue weighted by Gasteiger charge is 2.38. The Morgan fingerprint density at radius 3 is 2.41 bits per heavy atom. The number of pyridine rings is 2. The van der Waals surface area contributed by atoms with Crippen LogP contribution in [0.2, 0.25) is 10.0 Å². The second kappa shape index (κ2) is 12.8. The van der Waals surface area contributed by atoms with E-state index in [0.29, 0.717) is 45.9 Å². The molecule has 2 aromatic rings. The summed E-state index contributed by atoms with van der Waals surface area (Å²) >= 11 is 13.0. The molecular formula is C25H32Cl2F3N5O2. The van der Waals surface area contributed by atoms with Gasteiger partial charge in [0.15, 0.2) is 6.10 Å². The standard InChI is InChI=1S/C25H32Cl2F3N5O2/c26-19-5-6-22(32-12-15-7-9-37-10-8-15)35-24(19)18-11-23(33-13-20(18)27)34-17-3-1-16(2-4-17)31-14-21(36)25(28,29)30/h5-6,11,13,15-17,21,31,36H,1-4,7-10,12,14H2,(H,32,35)(H,33,34)/t16-,17-,21-/m0/s1. The molecule has 1 aliphatic carbocycles. The predicted octanol–water partition coefficient (Wildman–Crippen LogP) is 5.52. The summed E-state index contributed by atoms with van der Waals surface area (Å²) in [5.41, 5.74) is 1.22. The third-order valence-electron chi connectivity index (χ3n) is 6.93. The van der Waals surface area contributed by atoms with E-state index < -0.39 is 18.8 Å². The molecule has 3 heterocycles. The highest BCUT2D eigenvalue weighted by Crippen LogP contribution is 2.34. The van der Waals surface area contributed by atoms with Crippen molar-refractivity contribution in [1.29, 1.82) is 0 Å². The smallest absolute Gasteiger partial charge is 0.382 e. The maximum Gasteiger partial charge on any atom is 0.415 e. The Morgan fingerprint density at radius 1 is 1.00 bits per heavy atom. The fourth-order valence-corrected chi connectivity index (χ4v) is 5.07. The molecule has 12 heteroatoms. The Labute approximate surface area is 224 Å². The van der Waals surface area contributed by atoms with Gasteiger partial charge < -0.3 is 25.8 Å². The molecule has 204 valence electrons. The van der Waals surface area contributed by atoms with Crippen molar-refractivity contribution in [3.8, 4) is 11.3 Å². The second-order valence-corrected chi connectivity index (χ2v) is 10.5. The van der Waals surface area contributed by atoms with E-state index in [9.17, 15) is 18.3 Å². The van der Waals surface area contributed by atoms with Gasteiger partial charge in [-0.15, -0.1) is 0 Å². The molecule has 1 saturated heterocycles. The van der Waals surface area contributed by atoms with Gasteiger partial charge in [-0.05, 0) is 62.6 Å². The van der Waals surface area contributed by atoms with E-state index in [-0.39, 0.29) is 12.1 Å². The number of rotatable bonds is 9. The molecule has 1 atom stereocenters. The summed E-state index contributed by atoms with van der Waals surface area (Å²) in [5.74, 6) is 1.88. The predicted molar refractivity (Wildman–Crippen MR) is 139 cm³/mol. The molecule has 7 nitrogen and oxygen atoms in total. The van der Waals surface area contributed by atoms with E-state index in [1.54, 1.807) is 12.3 Å². The van der Waals surface area contributed by atoms with E-state index in [2.05, 4.69) is 20.9 Å². The highest BCUT2D eigenvalue weighted by atomic mass is 35.5. The van der Waals surface area contributed by atoms with Gasteiger partial charge in [0, 0.05) is 50.1 Å². The van der Waals surface area contributed by atoms with E-state index in [4.69, 9.17) is 32.9 Å². The largest absolute Gasteiger partial charge is 0.415 e. The van der Waals surface area contributed by atoms with Crippen molar-refractivity contribution in [3.05, 3.63) is 34.4 Å². The van der Waals surface area contributed by atoms with Crippen LogP contribution in [0.1, 0.15) is 38.5 Å². The number of alkyl halides is 3. The summed E-state index contributed by atoms with van der Waals surface area (Å²) in [6.45, 7) is 1.88. The molecule has 2 aromatic heterocycles. The minimum absolute atomic E-state index is 0.0665. The van der Waals surface area contributed by atoms with Crippen molar-refractivity contribution < 1.29 is 23.0 Å². The first kappa shape index (κ1) is 28.2. The normalized spacial score (nSPS) is 22.0. The number of hydrogen-bond acceptors (Lipinski definition) is 7. The maximum atomic E-state index is 12.5. The Bertz CT molecular complexity index is 1030. The molecule has 2 aliphatic rings. The molecule has 4 N–H and O–H groups in total. The van der Waals surface area contributed by atoms with Crippen LogP contribution in [0.15, 0.2) is 24.4 Å². The van der Waals surface area contributed by atoms with Crippen molar-refractivity contribution >= 4 is 34.8 Å². The summed E-state index contributed by atoms with van der Waals surface area (Å²) in [6.07, 6.45) is -0.469. The van der Waals surface area contributed by atoms with Gasteiger partial charge in [0.1, 0.15) is 11.6 Å². The highest BCUT2D eigenvalue weighted by molar-refractivity contribution is 6.36. The van der Waals surface area contributed by atoms with Gasteiger partial charge in [-0.3, -0.25) is 0 Å². The lowest BCUT2D eigenvalue weighted by atomic mass is 9.91. The summed E-state index contributed by atoms with van der Waals surface area (Å²) in [4.78, 5) is 9.11. The van der Waals surface area contributed by atoms with Gasteiger partial charge >= 0.3 is 6.18 Å². The van der Waals surface area contributed by atoms with Gasteiger partial charge in [0.2, 0.25) is 0 Å². The number of nitrogens with zero attached hydrogens (tertiary/aromatic N) is 2. The molecular weight excluding hydrogens is 530 g/mol. The van der Waals surface area contributed by atoms with Crippen LogP contribution in [0.4, 0.5) is 24.8 Å². The second-order valence-electron chi connectivity index (χ2n) is 9.67. The molecule has 0 amide bonds. The van der Waals surface area contributed by atoms with E-state index in [1.165, 1.54) is 0 Å². The van der Waals surface area contributed by atoms with Crippen LogP contribution in [0.25, 0.3) is 11.3 Å². The van der Waals surface area contributed by atoms with Crippen molar-refractivity contribution in [2.45, 2.75) is 62.9 Å². The van der Waals surface area contributed by atoms with Crippen LogP contribution in [0, 0.1) is 5.92 Å². The molecule has 0 radical (unpaired) electrons. The van der Waals surface area contributed by atoms with Crippen LogP contribution in [-0.2, 0) is 4.74 Å². The monoisotopic (exact) mass is 561 g/mol. The summed E-state index contributed by atoms with van der Waals surface area (Å²) in [7, 11) is 0. The van der Waals surface area contributed by atoms with E-state index >= 15 is 0 Å². The SMILES string of the molecule is O[C@@H](CN[C@H]1CC[C@H](Nc2cc(-c3nc(NCC4CCOCC4)ccc3Cl)c(Cl)cn2)CC1)C(F)(F)F. The third kappa shape index (κ3) is 8.07. The number of anilines is 2. The van der Waals surface area contributed by atoms with Crippen LogP contribution >= 0.6 is 23.2 Å². The molecule has 0 spiro atoms.